The second-order valence-electron chi connectivity index (χ2n) is 3.43. The van der Waals surface area contributed by atoms with Gasteiger partial charge in [-0.3, -0.25) is 4.98 Å². The van der Waals surface area contributed by atoms with Crippen LogP contribution in [-0.2, 0) is 13.0 Å². The van der Waals surface area contributed by atoms with Gasteiger partial charge < -0.3 is 5.32 Å². The molecule has 0 unspecified atom stereocenters. The highest BCUT2D eigenvalue weighted by atomic mass is 14.9. The molecular weight excluding hydrogens is 148 g/mol. The number of pyridine rings is 1. The monoisotopic (exact) mass is 162 g/mol. The summed E-state index contributed by atoms with van der Waals surface area (Å²) in [5.74, 6) is 0. The van der Waals surface area contributed by atoms with Gasteiger partial charge >= 0.3 is 0 Å². The van der Waals surface area contributed by atoms with Crippen LogP contribution in [0.4, 0.5) is 0 Å². The Morgan fingerprint density at radius 2 is 2.25 bits per heavy atom. The number of aromatic nitrogens is 1. The van der Waals surface area contributed by atoms with Gasteiger partial charge in [-0.25, -0.2) is 0 Å². The first-order valence-corrected chi connectivity index (χ1v) is 4.44. The molecule has 1 aliphatic rings. The Bertz CT molecular complexity index is 305. The molecule has 1 aliphatic heterocycles. The number of fused-ring (bicyclic) bond motifs is 1. The molecule has 2 heterocycles. The van der Waals surface area contributed by atoms with E-state index in [0.717, 1.165) is 25.2 Å². The summed E-state index contributed by atoms with van der Waals surface area (Å²) in [6, 6.07) is 2.17. The topological polar surface area (TPSA) is 24.9 Å². The molecule has 0 bridgehead atoms. The molecule has 2 nitrogen and oxygen atoms in total. The Balaban J connectivity index is 2.53. The van der Waals surface area contributed by atoms with Crippen LogP contribution in [0.5, 0.6) is 0 Å². The SMILES string of the molecule is Cc1cc(C)c2c(n1)CNCC2. The summed E-state index contributed by atoms with van der Waals surface area (Å²) < 4.78 is 0. The van der Waals surface area contributed by atoms with Crippen LogP contribution >= 0.6 is 0 Å². The molecule has 0 fully saturated rings. The van der Waals surface area contributed by atoms with Crippen LogP contribution in [0.15, 0.2) is 6.07 Å². The number of hydrogen-bond acceptors (Lipinski definition) is 2. The van der Waals surface area contributed by atoms with Crippen molar-refractivity contribution in [1.29, 1.82) is 0 Å². The van der Waals surface area contributed by atoms with Gasteiger partial charge in [0.05, 0.1) is 5.69 Å². The van der Waals surface area contributed by atoms with Crippen LogP contribution in [0.3, 0.4) is 0 Å². The molecule has 1 N–H and O–H groups in total. The van der Waals surface area contributed by atoms with Crippen molar-refractivity contribution < 1.29 is 0 Å². The van der Waals surface area contributed by atoms with E-state index in [9.17, 15) is 0 Å². The minimum atomic E-state index is 0.942. The maximum atomic E-state index is 4.51. The van der Waals surface area contributed by atoms with Crippen molar-refractivity contribution >= 4 is 0 Å². The lowest BCUT2D eigenvalue weighted by atomic mass is 10.0. The zero-order chi connectivity index (χ0) is 8.55. The molecule has 0 aromatic carbocycles. The molecule has 0 saturated heterocycles. The highest BCUT2D eigenvalue weighted by Crippen LogP contribution is 2.16. The molecule has 0 saturated carbocycles. The Morgan fingerprint density at radius 3 is 3.08 bits per heavy atom. The Kier molecular flexibility index (Phi) is 1.85. The van der Waals surface area contributed by atoms with Gasteiger partial charge in [-0.1, -0.05) is 0 Å². The van der Waals surface area contributed by atoms with E-state index >= 15 is 0 Å². The third kappa shape index (κ3) is 1.23. The molecule has 0 atom stereocenters. The Hall–Kier alpha value is -0.890. The third-order valence-corrected chi connectivity index (χ3v) is 2.41. The Morgan fingerprint density at radius 1 is 1.42 bits per heavy atom. The second kappa shape index (κ2) is 2.87. The van der Waals surface area contributed by atoms with Crippen LogP contribution in [0.1, 0.15) is 22.5 Å². The molecule has 1 aromatic rings. The molecule has 0 spiro atoms. The highest BCUT2D eigenvalue weighted by Gasteiger charge is 2.11. The van der Waals surface area contributed by atoms with Gasteiger partial charge in [0.1, 0.15) is 0 Å². The van der Waals surface area contributed by atoms with Crippen LogP contribution in [0, 0.1) is 13.8 Å². The summed E-state index contributed by atoms with van der Waals surface area (Å²) in [6.45, 7) is 6.27. The van der Waals surface area contributed by atoms with Crippen molar-refractivity contribution in [1.82, 2.24) is 10.3 Å². The van der Waals surface area contributed by atoms with Gasteiger partial charge in [0.2, 0.25) is 0 Å². The standard InChI is InChI=1S/C10H14N2/c1-7-5-8(2)12-10-6-11-4-3-9(7)10/h5,11H,3-4,6H2,1-2H3. The third-order valence-electron chi connectivity index (χ3n) is 2.41. The van der Waals surface area contributed by atoms with E-state index < -0.39 is 0 Å². The average Bonchev–Trinajstić information content (AvgIpc) is 2.04. The maximum absolute atomic E-state index is 4.51. The van der Waals surface area contributed by atoms with E-state index in [2.05, 4.69) is 30.2 Å². The van der Waals surface area contributed by atoms with Crippen molar-refractivity contribution in [2.24, 2.45) is 0 Å². The van der Waals surface area contributed by atoms with E-state index in [1.165, 1.54) is 16.8 Å². The van der Waals surface area contributed by atoms with Crippen LogP contribution in [0.2, 0.25) is 0 Å². The van der Waals surface area contributed by atoms with Gasteiger partial charge in [0, 0.05) is 12.2 Å². The quantitative estimate of drug-likeness (QED) is 0.622. The van der Waals surface area contributed by atoms with Crippen molar-refractivity contribution in [2.75, 3.05) is 6.54 Å². The van der Waals surface area contributed by atoms with E-state index in [1.54, 1.807) is 0 Å². The fourth-order valence-electron chi connectivity index (χ4n) is 1.85. The van der Waals surface area contributed by atoms with Crippen molar-refractivity contribution in [2.45, 2.75) is 26.8 Å². The molecule has 1 aromatic heterocycles. The molecule has 0 amide bonds. The molecule has 2 heteroatoms. The molecule has 2 rings (SSSR count). The number of rotatable bonds is 0. The first-order valence-electron chi connectivity index (χ1n) is 4.44. The zero-order valence-electron chi connectivity index (χ0n) is 7.65. The molecule has 0 aliphatic carbocycles. The lowest BCUT2D eigenvalue weighted by Crippen LogP contribution is -2.25. The van der Waals surface area contributed by atoms with Gasteiger partial charge in [-0.05, 0) is 44.0 Å². The fraction of sp³-hybridized carbons (Fsp3) is 0.500. The van der Waals surface area contributed by atoms with Crippen molar-refractivity contribution in [3.05, 3.63) is 28.6 Å². The lowest BCUT2D eigenvalue weighted by molar-refractivity contribution is 0.622. The van der Waals surface area contributed by atoms with Gasteiger partial charge in [0.15, 0.2) is 0 Å². The fourth-order valence-corrected chi connectivity index (χ4v) is 1.85. The van der Waals surface area contributed by atoms with Gasteiger partial charge in [0.25, 0.3) is 0 Å². The largest absolute Gasteiger partial charge is 0.311 e. The van der Waals surface area contributed by atoms with Gasteiger partial charge in [-0.2, -0.15) is 0 Å². The number of nitrogens with zero attached hydrogens (tertiary/aromatic N) is 1. The van der Waals surface area contributed by atoms with Gasteiger partial charge in [-0.15, -0.1) is 0 Å². The first-order chi connectivity index (χ1) is 5.77. The minimum absolute atomic E-state index is 0.942. The van der Waals surface area contributed by atoms with E-state index in [-0.39, 0.29) is 0 Å². The average molecular weight is 162 g/mol. The summed E-state index contributed by atoms with van der Waals surface area (Å²) in [5.41, 5.74) is 5.24. The van der Waals surface area contributed by atoms with Crippen LogP contribution < -0.4 is 5.32 Å². The number of nitrogens with one attached hydrogen (secondary N) is 1. The maximum Gasteiger partial charge on any atom is 0.0579 e. The number of hydrogen-bond donors (Lipinski definition) is 1. The molecule has 12 heavy (non-hydrogen) atoms. The second-order valence-corrected chi connectivity index (χ2v) is 3.43. The van der Waals surface area contributed by atoms with Crippen LogP contribution in [0.25, 0.3) is 0 Å². The summed E-state index contributed by atoms with van der Waals surface area (Å²) >= 11 is 0. The van der Waals surface area contributed by atoms with E-state index in [1.807, 2.05) is 0 Å². The summed E-state index contributed by atoms with van der Waals surface area (Å²) in [7, 11) is 0. The Labute approximate surface area is 73.0 Å². The smallest absolute Gasteiger partial charge is 0.0579 e. The van der Waals surface area contributed by atoms with Crippen LogP contribution in [-0.4, -0.2) is 11.5 Å². The summed E-state index contributed by atoms with van der Waals surface area (Å²) in [4.78, 5) is 4.51. The summed E-state index contributed by atoms with van der Waals surface area (Å²) in [5, 5.41) is 3.33. The molecule has 0 radical (unpaired) electrons. The van der Waals surface area contributed by atoms with E-state index in [0.29, 0.717) is 0 Å². The van der Waals surface area contributed by atoms with Crippen molar-refractivity contribution in [3.8, 4) is 0 Å². The summed E-state index contributed by atoms with van der Waals surface area (Å²) in [6.07, 6.45) is 1.13. The molecule has 64 valence electrons. The highest BCUT2D eigenvalue weighted by molar-refractivity contribution is 5.33. The van der Waals surface area contributed by atoms with E-state index in [4.69, 9.17) is 0 Å². The predicted octanol–water partition coefficient (Wildman–Crippen LogP) is 1.34. The predicted molar refractivity (Wildman–Crippen MR) is 49.1 cm³/mol. The number of aryl methyl sites for hydroxylation is 2. The molecular formula is C10H14N2. The minimum Gasteiger partial charge on any atom is -0.311 e. The lowest BCUT2D eigenvalue weighted by Gasteiger charge is -2.18. The first kappa shape index (κ1) is 7.74. The normalized spacial score (nSPS) is 15.8. The zero-order valence-corrected chi connectivity index (χ0v) is 7.65. The van der Waals surface area contributed by atoms with Crippen molar-refractivity contribution in [3.63, 3.8) is 0 Å².